The lowest BCUT2D eigenvalue weighted by molar-refractivity contribution is 0.0114. The predicted octanol–water partition coefficient (Wildman–Crippen LogP) is 2.58. The number of piperidine rings is 1. The standard InChI is InChI=1S/C22H31N5O2/c1-18-17-24-22(25-21(18)23-9-14-29-20-5-3-2-4-6-20)27-10-7-19(8-11-27)26-12-15-28-16-13-26/h2-6,17,19H,7-16H2,1H3,(H,23,24,25). The Bertz CT molecular complexity index is 759. The lowest BCUT2D eigenvalue weighted by atomic mass is 10.0. The van der Waals surface area contributed by atoms with E-state index in [0.717, 1.165) is 75.3 Å². The quantitative estimate of drug-likeness (QED) is 0.721. The molecule has 2 saturated heterocycles. The fourth-order valence-electron chi connectivity index (χ4n) is 3.99. The van der Waals surface area contributed by atoms with Crippen molar-refractivity contribution in [2.45, 2.75) is 25.8 Å². The van der Waals surface area contributed by atoms with E-state index in [4.69, 9.17) is 14.5 Å². The van der Waals surface area contributed by atoms with Crippen molar-refractivity contribution in [2.75, 3.05) is 62.8 Å². The first kappa shape index (κ1) is 19.9. The van der Waals surface area contributed by atoms with Crippen LogP contribution in [-0.2, 0) is 4.74 Å². The maximum absolute atomic E-state index is 5.75. The number of ether oxygens (including phenoxy) is 2. The number of morpholine rings is 1. The van der Waals surface area contributed by atoms with E-state index in [1.165, 1.54) is 0 Å². The number of anilines is 2. The number of nitrogens with one attached hydrogen (secondary N) is 1. The molecule has 2 aliphatic heterocycles. The van der Waals surface area contributed by atoms with Crippen LogP contribution in [0.25, 0.3) is 0 Å². The number of aromatic nitrogens is 2. The molecule has 0 spiro atoms. The molecule has 0 atom stereocenters. The van der Waals surface area contributed by atoms with E-state index in [9.17, 15) is 0 Å². The van der Waals surface area contributed by atoms with Crippen molar-refractivity contribution < 1.29 is 9.47 Å². The van der Waals surface area contributed by atoms with Crippen LogP contribution in [-0.4, -0.2) is 73.5 Å². The van der Waals surface area contributed by atoms with Crippen molar-refractivity contribution in [3.8, 4) is 5.75 Å². The van der Waals surface area contributed by atoms with Gasteiger partial charge in [-0.15, -0.1) is 0 Å². The molecule has 0 radical (unpaired) electrons. The first-order valence-electron chi connectivity index (χ1n) is 10.6. The first-order chi connectivity index (χ1) is 14.3. The van der Waals surface area contributed by atoms with Gasteiger partial charge in [-0.3, -0.25) is 4.90 Å². The zero-order valence-corrected chi connectivity index (χ0v) is 17.2. The van der Waals surface area contributed by atoms with Crippen LogP contribution in [0.15, 0.2) is 36.5 Å². The molecule has 0 saturated carbocycles. The molecular formula is C22H31N5O2. The van der Waals surface area contributed by atoms with Gasteiger partial charge in [0, 0.05) is 44.0 Å². The van der Waals surface area contributed by atoms with Crippen molar-refractivity contribution in [2.24, 2.45) is 0 Å². The van der Waals surface area contributed by atoms with Crippen LogP contribution in [0, 0.1) is 6.92 Å². The molecule has 1 aromatic heterocycles. The summed E-state index contributed by atoms with van der Waals surface area (Å²) in [5.41, 5.74) is 1.05. The van der Waals surface area contributed by atoms with Gasteiger partial charge in [-0.05, 0) is 31.9 Å². The van der Waals surface area contributed by atoms with Crippen LogP contribution >= 0.6 is 0 Å². The number of hydrogen-bond acceptors (Lipinski definition) is 7. The molecule has 2 aromatic rings. The van der Waals surface area contributed by atoms with Gasteiger partial charge < -0.3 is 19.7 Å². The summed E-state index contributed by atoms with van der Waals surface area (Å²) in [4.78, 5) is 14.3. The maximum atomic E-state index is 5.75. The third-order valence-corrected chi connectivity index (χ3v) is 5.67. The second-order valence-corrected chi connectivity index (χ2v) is 7.66. The Kier molecular flexibility index (Phi) is 6.79. The van der Waals surface area contributed by atoms with E-state index in [0.29, 0.717) is 19.2 Å². The van der Waals surface area contributed by atoms with Crippen molar-refractivity contribution in [3.05, 3.63) is 42.1 Å². The summed E-state index contributed by atoms with van der Waals surface area (Å²) in [5.74, 6) is 2.60. The molecule has 7 nitrogen and oxygen atoms in total. The van der Waals surface area contributed by atoms with Crippen LogP contribution in [0.1, 0.15) is 18.4 Å². The topological polar surface area (TPSA) is 62.8 Å². The monoisotopic (exact) mass is 397 g/mol. The normalized spacial score (nSPS) is 18.6. The molecule has 0 aliphatic carbocycles. The van der Waals surface area contributed by atoms with Crippen molar-refractivity contribution in [1.82, 2.24) is 14.9 Å². The van der Waals surface area contributed by atoms with Gasteiger partial charge in [0.2, 0.25) is 5.95 Å². The van der Waals surface area contributed by atoms with E-state index in [2.05, 4.69) is 20.1 Å². The second kappa shape index (κ2) is 9.89. The third-order valence-electron chi connectivity index (χ3n) is 5.67. The average molecular weight is 398 g/mol. The van der Waals surface area contributed by atoms with E-state index < -0.39 is 0 Å². The van der Waals surface area contributed by atoms with E-state index in [-0.39, 0.29) is 0 Å². The van der Waals surface area contributed by atoms with Gasteiger partial charge in [-0.1, -0.05) is 18.2 Å². The van der Waals surface area contributed by atoms with Gasteiger partial charge in [0.05, 0.1) is 19.8 Å². The number of nitrogens with zero attached hydrogens (tertiary/aromatic N) is 4. The van der Waals surface area contributed by atoms with E-state index >= 15 is 0 Å². The summed E-state index contributed by atoms with van der Waals surface area (Å²) in [6.07, 6.45) is 4.23. The molecule has 0 bridgehead atoms. The fourth-order valence-corrected chi connectivity index (χ4v) is 3.99. The molecule has 2 aliphatic rings. The Hall–Kier alpha value is -2.38. The summed E-state index contributed by atoms with van der Waals surface area (Å²) in [6, 6.07) is 10.5. The molecule has 0 amide bonds. The molecule has 7 heteroatoms. The van der Waals surface area contributed by atoms with Gasteiger partial charge in [-0.2, -0.15) is 4.98 Å². The molecule has 0 unspecified atom stereocenters. The molecular weight excluding hydrogens is 366 g/mol. The van der Waals surface area contributed by atoms with E-state index in [1.807, 2.05) is 43.5 Å². The number of para-hydroxylation sites is 1. The summed E-state index contributed by atoms with van der Waals surface area (Å²) >= 11 is 0. The molecule has 29 heavy (non-hydrogen) atoms. The van der Waals surface area contributed by atoms with Crippen LogP contribution in [0.5, 0.6) is 5.75 Å². The number of rotatable bonds is 7. The van der Waals surface area contributed by atoms with Gasteiger partial charge in [-0.25, -0.2) is 4.98 Å². The maximum Gasteiger partial charge on any atom is 0.227 e. The smallest absolute Gasteiger partial charge is 0.227 e. The highest BCUT2D eigenvalue weighted by atomic mass is 16.5. The summed E-state index contributed by atoms with van der Waals surface area (Å²) in [6.45, 7) is 9.18. The lowest BCUT2D eigenvalue weighted by Gasteiger charge is -2.40. The largest absolute Gasteiger partial charge is 0.492 e. The lowest BCUT2D eigenvalue weighted by Crippen LogP contribution is -2.49. The molecule has 4 rings (SSSR count). The highest BCUT2D eigenvalue weighted by molar-refractivity contribution is 5.47. The van der Waals surface area contributed by atoms with Crippen LogP contribution in [0.2, 0.25) is 0 Å². The molecule has 2 fully saturated rings. The minimum Gasteiger partial charge on any atom is -0.492 e. The Morgan fingerprint density at radius 2 is 1.86 bits per heavy atom. The average Bonchev–Trinajstić information content (AvgIpc) is 2.79. The molecule has 3 heterocycles. The molecule has 1 N–H and O–H groups in total. The Morgan fingerprint density at radius 3 is 2.62 bits per heavy atom. The van der Waals surface area contributed by atoms with Crippen LogP contribution < -0.4 is 15.0 Å². The van der Waals surface area contributed by atoms with Crippen LogP contribution in [0.3, 0.4) is 0 Å². The molecule has 156 valence electrons. The van der Waals surface area contributed by atoms with Crippen molar-refractivity contribution >= 4 is 11.8 Å². The highest BCUT2D eigenvalue weighted by Gasteiger charge is 2.27. The first-order valence-corrected chi connectivity index (χ1v) is 10.6. The third kappa shape index (κ3) is 5.36. The highest BCUT2D eigenvalue weighted by Crippen LogP contribution is 2.22. The zero-order chi connectivity index (χ0) is 19.9. The van der Waals surface area contributed by atoms with Crippen LogP contribution in [0.4, 0.5) is 11.8 Å². The number of aryl methyl sites for hydroxylation is 1. The fraction of sp³-hybridized carbons (Fsp3) is 0.545. The van der Waals surface area contributed by atoms with Crippen molar-refractivity contribution in [1.29, 1.82) is 0 Å². The Balaban J connectivity index is 1.27. The van der Waals surface area contributed by atoms with Gasteiger partial charge in [0.25, 0.3) is 0 Å². The minimum absolute atomic E-state index is 0.591. The summed E-state index contributed by atoms with van der Waals surface area (Å²) in [7, 11) is 0. The van der Waals surface area contributed by atoms with E-state index in [1.54, 1.807) is 0 Å². The summed E-state index contributed by atoms with van der Waals surface area (Å²) in [5, 5.41) is 3.40. The Labute approximate surface area is 173 Å². The second-order valence-electron chi connectivity index (χ2n) is 7.66. The predicted molar refractivity (Wildman–Crippen MR) is 115 cm³/mol. The zero-order valence-electron chi connectivity index (χ0n) is 17.2. The van der Waals surface area contributed by atoms with Crippen molar-refractivity contribution in [3.63, 3.8) is 0 Å². The Morgan fingerprint density at radius 1 is 1.10 bits per heavy atom. The van der Waals surface area contributed by atoms with Gasteiger partial charge >= 0.3 is 0 Å². The molecule has 1 aromatic carbocycles. The number of benzene rings is 1. The number of hydrogen-bond donors (Lipinski definition) is 1. The van der Waals surface area contributed by atoms with Gasteiger partial charge in [0.15, 0.2) is 0 Å². The summed E-state index contributed by atoms with van der Waals surface area (Å²) < 4.78 is 11.2. The van der Waals surface area contributed by atoms with Gasteiger partial charge in [0.1, 0.15) is 18.2 Å². The SMILES string of the molecule is Cc1cnc(N2CCC(N3CCOCC3)CC2)nc1NCCOc1ccccc1. The minimum atomic E-state index is 0.591.